The molecule has 1 amide bonds. The highest BCUT2D eigenvalue weighted by Gasteiger charge is 2.34. The van der Waals surface area contributed by atoms with Crippen LogP contribution in [0, 0.1) is 0 Å². The number of rotatable bonds is 6. The molecule has 134 valence electrons. The summed E-state index contributed by atoms with van der Waals surface area (Å²) in [5, 5.41) is 0. The molecule has 0 bridgehead atoms. The van der Waals surface area contributed by atoms with Gasteiger partial charge in [0.2, 0.25) is 0 Å². The first-order chi connectivity index (χ1) is 11.8. The van der Waals surface area contributed by atoms with Gasteiger partial charge in [0.25, 0.3) is 5.91 Å². The van der Waals surface area contributed by atoms with Gasteiger partial charge < -0.3 is 9.64 Å². The van der Waals surface area contributed by atoms with E-state index in [9.17, 15) is 4.79 Å². The molecule has 0 aliphatic carbocycles. The van der Waals surface area contributed by atoms with E-state index in [0.717, 1.165) is 11.1 Å². The van der Waals surface area contributed by atoms with E-state index in [1.807, 2.05) is 75.9 Å². The fourth-order valence-electron chi connectivity index (χ4n) is 3.32. The normalized spacial score (nSPS) is 13.8. The van der Waals surface area contributed by atoms with E-state index in [1.54, 1.807) is 19.5 Å². The third kappa shape index (κ3) is 3.74. The van der Waals surface area contributed by atoms with Gasteiger partial charge in [-0.3, -0.25) is 9.78 Å². The second kappa shape index (κ2) is 7.79. The Hall–Kier alpha value is -2.20. The Morgan fingerprint density at radius 2 is 1.68 bits per heavy atom. The minimum Gasteiger partial charge on any atom is -0.369 e. The maximum Gasteiger partial charge on any atom is 0.256 e. The number of methoxy groups -OCH3 is 1. The van der Waals surface area contributed by atoms with Gasteiger partial charge in [-0.15, -0.1) is 0 Å². The van der Waals surface area contributed by atoms with Gasteiger partial charge in [-0.25, -0.2) is 0 Å². The van der Waals surface area contributed by atoms with Crippen molar-refractivity contribution in [1.82, 2.24) is 9.88 Å². The first-order valence-electron chi connectivity index (χ1n) is 8.70. The van der Waals surface area contributed by atoms with Gasteiger partial charge >= 0.3 is 0 Å². The number of carbonyl (C=O) groups excluding carboxylic acids is 1. The number of ether oxygens (including phenoxy) is 1. The first-order valence-corrected chi connectivity index (χ1v) is 8.70. The topological polar surface area (TPSA) is 42.4 Å². The van der Waals surface area contributed by atoms with Crippen LogP contribution in [0.25, 0.3) is 0 Å². The number of hydrogen-bond acceptors (Lipinski definition) is 3. The Morgan fingerprint density at radius 3 is 2.20 bits per heavy atom. The van der Waals surface area contributed by atoms with Crippen LogP contribution in [0.3, 0.4) is 0 Å². The van der Waals surface area contributed by atoms with Crippen molar-refractivity contribution < 1.29 is 9.53 Å². The van der Waals surface area contributed by atoms with E-state index < -0.39 is 5.60 Å². The van der Waals surface area contributed by atoms with Crippen molar-refractivity contribution in [2.75, 3.05) is 7.11 Å². The molecule has 2 aromatic rings. The van der Waals surface area contributed by atoms with E-state index >= 15 is 0 Å². The summed E-state index contributed by atoms with van der Waals surface area (Å²) in [6.45, 7) is 10.1. The molecule has 1 aromatic heterocycles. The second-order valence-electron chi connectivity index (χ2n) is 6.92. The van der Waals surface area contributed by atoms with E-state index in [2.05, 4.69) is 4.98 Å². The van der Waals surface area contributed by atoms with Crippen molar-refractivity contribution in [1.29, 1.82) is 0 Å². The molecule has 0 radical (unpaired) electrons. The van der Waals surface area contributed by atoms with Crippen molar-refractivity contribution in [2.45, 2.75) is 52.3 Å². The number of aromatic nitrogens is 1. The quantitative estimate of drug-likeness (QED) is 0.789. The average Bonchev–Trinajstić information content (AvgIpc) is 2.61. The van der Waals surface area contributed by atoms with Crippen LogP contribution in [0.5, 0.6) is 0 Å². The molecule has 1 atom stereocenters. The van der Waals surface area contributed by atoms with E-state index in [1.165, 1.54) is 0 Å². The molecular formula is C21H28N2O2. The minimum absolute atomic E-state index is 0.0210. The van der Waals surface area contributed by atoms with Crippen molar-refractivity contribution in [3.63, 3.8) is 0 Å². The Labute approximate surface area is 150 Å². The molecule has 1 aromatic carbocycles. The van der Waals surface area contributed by atoms with Gasteiger partial charge in [-0.2, -0.15) is 0 Å². The monoisotopic (exact) mass is 340 g/mol. The lowest BCUT2D eigenvalue weighted by Crippen LogP contribution is -2.43. The third-order valence-electron chi connectivity index (χ3n) is 4.65. The molecule has 0 fully saturated rings. The molecule has 4 nitrogen and oxygen atoms in total. The van der Waals surface area contributed by atoms with Gasteiger partial charge in [0.1, 0.15) is 5.60 Å². The van der Waals surface area contributed by atoms with Crippen LogP contribution in [0.1, 0.15) is 56.1 Å². The molecule has 0 spiro atoms. The van der Waals surface area contributed by atoms with Crippen LogP contribution >= 0.6 is 0 Å². The first kappa shape index (κ1) is 19.1. The molecule has 0 aliphatic rings. The fourth-order valence-corrected chi connectivity index (χ4v) is 3.32. The molecule has 0 unspecified atom stereocenters. The van der Waals surface area contributed by atoms with Crippen LogP contribution in [-0.4, -0.2) is 35.0 Å². The Bertz CT molecular complexity index is 705. The number of carbonyl (C=O) groups is 1. The van der Waals surface area contributed by atoms with Crippen LogP contribution in [-0.2, 0) is 10.3 Å². The summed E-state index contributed by atoms with van der Waals surface area (Å²) in [6, 6.07) is 12.0. The van der Waals surface area contributed by atoms with E-state index in [4.69, 9.17) is 4.74 Å². The van der Waals surface area contributed by atoms with Crippen LogP contribution < -0.4 is 0 Å². The second-order valence-corrected chi connectivity index (χ2v) is 6.92. The molecule has 2 rings (SSSR count). The fraction of sp³-hybridized carbons (Fsp3) is 0.429. The van der Waals surface area contributed by atoms with E-state index in [0.29, 0.717) is 5.56 Å². The number of pyridine rings is 1. The predicted molar refractivity (Wildman–Crippen MR) is 101 cm³/mol. The van der Waals surface area contributed by atoms with Crippen LogP contribution in [0.4, 0.5) is 0 Å². The highest BCUT2D eigenvalue weighted by atomic mass is 16.5. The lowest BCUT2D eigenvalue weighted by molar-refractivity contribution is 0.0362. The van der Waals surface area contributed by atoms with Crippen molar-refractivity contribution >= 4 is 5.91 Å². The smallest absolute Gasteiger partial charge is 0.256 e. The van der Waals surface area contributed by atoms with Gasteiger partial charge in [-0.1, -0.05) is 30.3 Å². The minimum atomic E-state index is -0.727. The molecular weight excluding hydrogens is 312 g/mol. The number of nitrogens with zero attached hydrogens (tertiary/aromatic N) is 2. The Morgan fingerprint density at radius 1 is 1.08 bits per heavy atom. The highest BCUT2D eigenvalue weighted by Crippen LogP contribution is 2.35. The summed E-state index contributed by atoms with van der Waals surface area (Å²) in [4.78, 5) is 19.4. The molecule has 0 N–H and O–H groups in total. The van der Waals surface area contributed by atoms with Gasteiger partial charge in [0.15, 0.2) is 0 Å². The average molecular weight is 340 g/mol. The maximum atomic E-state index is 13.3. The summed E-state index contributed by atoms with van der Waals surface area (Å²) in [5.41, 5.74) is 1.68. The highest BCUT2D eigenvalue weighted by molar-refractivity contribution is 5.96. The zero-order chi connectivity index (χ0) is 18.6. The Balaban J connectivity index is 2.59. The standard InChI is InChI=1S/C21H28N2O2/c1-15(2)23(16(3)4)20(24)18-14-22-13-12-19(18)21(5,25-6)17-10-8-7-9-11-17/h7-16H,1-6H3/t21-/m0/s1. The zero-order valence-corrected chi connectivity index (χ0v) is 16.0. The third-order valence-corrected chi connectivity index (χ3v) is 4.65. The predicted octanol–water partition coefficient (Wildman–Crippen LogP) is 4.25. The van der Waals surface area contributed by atoms with Crippen LogP contribution in [0.15, 0.2) is 48.8 Å². The molecule has 4 heteroatoms. The number of benzene rings is 1. The maximum absolute atomic E-state index is 13.3. The number of amides is 1. The SMILES string of the molecule is CO[C@@](C)(c1ccccc1)c1ccncc1C(=O)N(C(C)C)C(C)C. The summed E-state index contributed by atoms with van der Waals surface area (Å²) >= 11 is 0. The van der Waals surface area contributed by atoms with Gasteiger partial charge in [0.05, 0.1) is 5.56 Å². The van der Waals surface area contributed by atoms with Crippen LogP contribution in [0.2, 0.25) is 0 Å². The van der Waals surface area contributed by atoms with Crippen molar-refractivity contribution in [3.8, 4) is 0 Å². The van der Waals surface area contributed by atoms with Crippen molar-refractivity contribution in [3.05, 3.63) is 65.5 Å². The largest absolute Gasteiger partial charge is 0.369 e. The van der Waals surface area contributed by atoms with Gasteiger partial charge in [-0.05, 0) is 46.2 Å². The molecule has 0 aliphatic heterocycles. The molecule has 0 saturated carbocycles. The van der Waals surface area contributed by atoms with E-state index in [-0.39, 0.29) is 18.0 Å². The molecule has 25 heavy (non-hydrogen) atoms. The summed E-state index contributed by atoms with van der Waals surface area (Å²) < 4.78 is 5.90. The van der Waals surface area contributed by atoms with Gasteiger partial charge in [0, 0.05) is 37.2 Å². The summed E-state index contributed by atoms with van der Waals surface area (Å²) in [7, 11) is 1.67. The number of hydrogen-bond donors (Lipinski definition) is 0. The molecule has 1 heterocycles. The van der Waals surface area contributed by atoms with Crippen molar-refractivity contribution in [2.24, 2.45) is 0 Å². The zero-order valence-electron chi connectivity index (χ0n) is 16.0. The lowest BCUT2D eigenvalue weighted by Gasteiger charge is -2.35. The summed E-state index contributed by atoms with van der Waals surface area (Å²) in [6.07, 6.45) is 3.36. The summed E-state index contributed by atoms with van der Waals surface area (Å²) in [5.74, 6) is -0.0210. The molecule has 0 saturated heterocycles. The Kier molecular flexibility index (Phi) is 5.96. The lowest BCUT2D eigenvalue weighted by atomic mass is 9.85.